The Hall–Kier alpha value is -2.51. The molecule has 1 aliphatic rings. The maximum Gasteiger partial charge on any atom is 0.273 e. The summed E-state index contributed by atoms with van der Waals surface area (Å²) in [5.41, 5.74) is 2.50. The molecule has 0 saturated carbocycles. The number of thiophene rings is 1. The molecule has 0 bridgehead atoms. The van der Waals surface area contributed by atoms with Gasteiger partial charge in [0.1, 0.15) is 0 Å². The zero-order chi connectivity index (χ0) is 17.9. The van der Waals surface area contributed by atoms with Gasteiger partial charge in [-0.1, -0.05) is 5.16 Å². The highest BCUT2D eigenvalue weighted by Gasteiger charge is 2.22. The van der Waals surface area contributed by atoms with Crippen LogP contribution in [0.3, 0.4) is 0 Å². The van der Waals surface area contributed by atoms with E-state index in [9.17, 15) is 4.79 Å². The minimum atomic E-state index is -0.219. The normalized spacial score (nSPS) is 15.4. The number of pyridine rings is 1. The van der Waals surface area contributed by atoms with Gasteiger partial charge in [-0.15, -0.1) is 11.3 Å². The van der Waals surface area contributed by atoms with Crippen LogP contribution in [0.5, 0.6) is 0 Å². The summed E-state index contributed by atoms with van der Waals surface area (Å²) in [5, 5.41) is 9.00. The maximum atomic E-state index is 12.4. The van der Waals surface area contributed by atoms with Crippen molar-refractivity contribution >= 4 is 17.2 Å². The first-order valence-electron chi connectivity index (χ1n) is 8.65. The molecule has 0 radical (unpaired) electrons. The van der Waals surface area contributed by atoms with Crippen LogP contribution in [0.15, 0.2) is 46.6 Å². The third-order valence-corrected chi connectivity index (χ3v) is 5.73. The summed E-state index contributed by atoms with van der Waals surface area (Å²) >= 11 is 1.84. The summed E-state index contributed by atoms with van der Waals surface area (Å²) in [6, 6.07) is 7.79. The van der Waals surface area contributed by atoms with Crippen LogP contribution in [-0.2, 0) is 13.0 Å². The third-order valence-electron chi connectivity index (χ3n) is 4.71. The fourth-order valence-electron chi connectivity index (χ4n) is 3.13. The SMILES string of the molecule is C[C@H](CNC(=O)c1cc(-c2cccnc2)on1)N1CCc2sccc2C1. The average molecular weight is 368 g/mol. The monoisotopic (exact) mass is 368 g/mol. The molecule has 0 unspecified atom stereocenters. The zero-order valence-corrected chi connectivity index (χ0v) is 15.3. The number of fused-ring (bicyclic) bond motifs is 1. The predicted octanol–water partition coefficient (Wildman–Crippen LogP) is 2.97. The molecule has 3 aromatic rings. The summed E-state index contributed by atoms with van der Waals surface area (Å²) in [6.45, 7) is 4.69. The highest BCUT2D eigenvalue weighted by molar-refractivity contribution is 7.10. The van der Waals surface area contributed by atoms with Gasteiger partial charge in [0.15, 0.2) is 11.5 Å². The molecule has 6 nitrogen and oxygen atoms in total. The predicted molar refractivity (Wildman–Crippen MR) is 100.0 cm³/mol. The van der Waals surface area contributed by atoms with Crippen LogP contribution in [0.1, 0.15) is 27.9 Å². The van der Waals surface area contributed by atoms with Crippen LogP contribution in [0.25, 0.3) is 11.3 Å². The van der Waals surface area contributed by atoms with Crippen LogP contribution in [0.2, 0.25) is 0 Å². The van der Waals surface area contributed by atoms with Gasteiger partial charge in [-0.25, -0.2) is 0 Å². The van der Waals surface area contributed by atoms with Gasteiger partial charge < -0.3 is 9.84 Å². The first kappa shape index (κ1) is 16.9. The second-order valence-electron chi connectivity index (χ2n) is 6.47. The first-order valence-corrected chi connectivity index (χ1v) is 9.53. The summed E-state index contributed by atoms with van der Waals surface area (Å²) < 4.78 is 5.27. The summed E-state index contributed by atoms with van der Waals surface area (Å²) in [7, 11) is 0. The highest BCUT2D eigenvalue weighted by Crippen LogP contribution is 2.25. The van der Waals surface area contributed by atoms with Crippen LogP contribution >= 0.6 is 11.3 Å². The zero-order valence-electron chi connectivity index (χ0n) is 14.5. The van der Waals surface area contributed by atoms with E-state index in [2.05, 4.69) is 38.7 Å². The lowest BCUT2D eigenvalue weighted by atomic mass is 10.1. The van der Waals surface area contributed by atoms with Crippen molar-refractivity contribution in [1.82, 2.24) is 20.4 Å². The highest BCUT2D eigenvalue weighted by atomic mass is 32.1. The van der Waals surface area contributed by atoms with Crippen molar-refractivity contribution in [3.8, 4) is 11.3 Å². The van der Waals surface area contributed by atoms with Crippen molar-refractivity contribution in [2.24, 2.45) is 0 Å². The molecular weight excluding hydrogens is 348 g/mol. The molecule has 3 aromatic heterocycles. The molecule has 1 N–H and O–H groups in total. The van der Waals surface area contributed by atoms with E-state index in [-0.39, 0.29) is 17.6 Å². The van der Waals surface area contributed by atoms with Gasteiger partial charge in [0, 0.05) is 54.6 Å². The van der Waals surface area contributed by atoms with Crippen LogP contribution in [-0.4, -0.2) is 40.1 Å². The van der Waals surface area contributed by atoms with Crippen molar-refractivity contribution in [2.45, 2.75) is 25.9 Å². The number of hydrogen-bond donors (Lipinski definition) is 1. The molecule has 0 aliphatic carbocycles. The second kappa shape index (κ2) is 7.39. The Morgan fingerprint density at radius 3 is 3.23 bits per heavy atom. The number of rotatable bonds is 5. The molecule has 0 saturated heterocycles. The summed E-state index contributed by atoms with van der Waals surface area (Å²) in [5.74, 6) is 0.321. The number of carbonyl (C=O) groups excluding carboxylic acids is 1. The molecule has 0 spiro atoms. The van der Waals surface area contributed by atoms with Crippen LogP contribution in [0.4, 0.5) is 0 Å². The molecule has 1 amide bonds. The number of carbonyl (C=O) groups is 1. The van der Waals surface area contributed by atoms with Gasteiger partial charge in [-0.2, -0.15) is 0 Å². The lowest BCUT2D eigenvalue weighted by Gasteiger charge is -2.32. The largest absolute Gasteiger partial charge is 0.355 e. The number of aromatic nitrogens is 2. The number of amides is 1. The molecule has 0 aromatic carbocycles. The van der Waals surface area contributed by atoms with Crippen LogP contribution in [0, 0.1) is 0 Å². The van der Waals surface area contributed by atoms with Gasteiger partial charge in [-0.05, 0) is 42.5 Å². The van der Waals surface area contributed by atoms with Gasteiger partial charge in [0.25, 0.3) is 5.91 Å². The van der Waals surface area contributed by atoms with E-state index in [0.29, 0.717) is 12.3 Å². The average Bonchev–Trinajstić information content (AvgIpc) is 3.35. The molecule has 134 valence electrons. The Balaban J connectivity index is 1.33. The van der Waals surface area contributed by atoms with Crippen molar-refractivity contribution in [1.29, 1.82) is 0 Å². The molecule has 4 heterocycles. The third kappa shape index (κ3) is 3.54. The van der Waals surface area contributed by atoms with Crippen molar-refractivity contribution in [2.75, 3.05) is 13.1 Å². The molecular formula is C19H20N4O2S. The standard InChI is InChI=1S/C19H20N4O2S/c1-13(23-7-4-18-15(12-23)5-8-26-18)10-21-19(24)16-9-17(25-22-16)14-3-2-6-20-11-14/h2-3,5-6,8-9,11,13H,4,7,10,12H2,1H3,(H,21,24)/t13-/m1/s1. The Morgan fingerprint density at radius 1 is 1.46 bits per heavy atom. The molecule has 1 aliphatic heterocycles. The minimum Gasteiger partial charge on any atom is -0.355 e. The number of nitrogens with zero attached hydrogens (tertiary/aromatic N) is 3. The molecule has 0 fully saturated rings. The molecule has 1 atom stereocenters. The maximum absolute atomic E-state index is 12.4. The van der Waals surface area contributed by atoms with Crippen LogP contribution < -0.4 is 5.32 Å². The smallest absolute Gasteiger partial charge is 0.273 e. The molecule has 7 heteroatoms. The minimum absolute atomic E-state index is 0.219. The fraction of sp³-hybridized carbons (Fsp3) is 0.316. The summed E-state index contributed by atoms with van der Waals surface area (Å²) in [4.78, 5) is 20.3. The Kier molecular flexibility index (Phi) is 4.81. The number of nitrogens with one attached hydrogen (secondary N) is 1. The first-order chi connectivity index (χ1) is 12.7. The summed E-state index contributed by atoms with van der Waals surface area (Å²) in [6.07, 6.45) is 4.46. The molecule has 26 heavy (non-hydrogen) atoms. The van der Waals surface area contributed by atoms with E-state index in [1.54, 1.807) is 18.5 Å². The van der Waals surface area contributed by atoms with Gasteiger partial charge in [0.2, 0.25) is 0 Å². The van der Waals surface area contributed by atoms with Gasteiger partial charge >= 0.3 is 0 Å². The Bertz CT molecular complexity index is 890. The second-order valence-corrected chi connectivity index (χ2v) is 7.47. The Labute approximate surface area is 155 Å². The molecule has 4 rings (SSSR count). The van der Waals surface area contributed by atoms with E-state index in [1.165, 1.54) is 10.4 Å². The van der Waals surface area contributed by atoms with Gasteiger partial charge in [0.05, 0.1) is 0 Å². The van der Waals surface area contributed by atoms with Crippen molar-refractivity contribution < 1.29 is 9.32 Å². The van der Waals surface area contributed by atoms with E-state index < -0.39 is 0 Å². The quantitative estimate of drug-likeness (QED) is 0.750. The van der Waals surface area contributed by atoms with E-state index in [4.69, 9.17) is 4.52 Å². The Morgan fingerprint density at radius 2 is 2.38 bits per heavy atom. The van der Waals surface area contributed by atoms with Crippen molar-refractivity contribution in [3.63, 3.8) is 0 Å². The van der Waals surface area contributed by atoms with E-state index in [0.717, 1.165) is 25.1 Å². The van der Waals surface area contributed by atoms with E-state index >= 15 is 0 Å². The van der Waals surface area contributed by atoms with Crippen molar-refractivity contribution in [3.05, 3.63) is 58.2 Å². The fourth-order valence-corrected chi connectivity index (χ4v) is 4.02. The number of hydrogen-bond acceptors (Lipinski definition) is 6. The van der Waals surface area contributed by atoms with E-state index in [1.807, 2.05) is 23.5 Å². The lowest BCUT2D eigenvalue weighted by Crippen LogP contribution is -2.44. The topological polar surface area (TPSA) is 71.3 Å². The lowest BCUT2D eigenvalue weighted by molar-refractivity contribution is 0.0924. The van der Waals surface area contributed by atoms with Gasteiger partial charge in [-0.3, -0.25) is 14.7 Å².